The highest BCUT2D eigenvalue weighted by Crippen LogP contribution is 2.28. The molecule has 24 heavy (non-hydrogen) atoms. The molecule has 0 unspecified atom stereocenters. The number of carbonyl (C=O) groups is 1. The predicted molar refractivity (Wildman–Crippen MR) is 94.2 cm³/mol. The number of nitrogens with zero attached hydrogens (tertiary/aromatic N) is 1. The van der Waals surface area contributed by atoms with Crippen molar-refractivity contribution in [3.05, 3.63) is 35.3 Å². The van der Waals surface area contributed by atoms with Gasteiger partial charge in [0.05, 0.1) is 13.7 Å². The first-order chi connectivity index (χ1) is 11.6. The third kappa shape index (κ3) is 3.76. The van der Waals surface area contributed by atoms with Crippen LogP contribution >= 0.6 is 11.3 Å². The van der Waals surface area contributed by atoms with Crippen LogP contribution in [0.5, 0.6) is 5.75 Å². The number of methoxy groups -OCH3 is 1. The van der Waals surface area contributed by atoms with Gasteiger partial charge in [0.15, 0.2) is 0 Å². The van der Waals surface area contributed by atoms with Gasteiger partial charge in [0.25, 0.3) is 5.91 Å². The summed E-state index contributed by atoms with van der Waals surface area (Å²) in [7, 11) is 1.65. The van der Waals surface area contributed by atoms with E-state index in [-0.39, 0.29) is 5.91 Å². The van der Waals surface area contributed by atoms with Crippen molar-refractivity contribution in [2.24, 2.45) is 0 Å². The minimum atomic E-state index is -0.696. The number of amides is 1. The summed E-state index contributed by atoms with van der Waals surface area (Å²) in [6.45, 7) is 3.00. The minimum absolute atomic E-state index is 0.0430. The molecule has 1 fully saturated rings. The average molecular weight is 346 g/mol. The molecule has 2 aromatic rings. The van der Waals surface area contributed by atoms with Gasteiger partial charge >= 0.3 is 0 Å². The molecule has 0 aliphatic carbocycles. The maximum Gasteiger partial charge on any atom is 0.252 e. The van der Waals surface area contributed by atoms with Gasteiger partial charge in [-0.05, 0) is 38.3 Å². The van der Waals surface area contributed by atoms with Crippen LogP contribution in [-0.4, -0.2) is 30.2 Å². The van der Waals surface area contributed by atoms with E-state index in [4.69, 9.17) is 9.47 Å². The summed E-state index contributed by atoms with van der Waals surface area (Å²) in [6, 6.07) is 7.81. The van der Waals surface area contributed by atoms with Crippen molar-refractivity contribution in [3.8, 4) is 16.3 Å². The van der Waals surface area contributed by atoms with E-state index in [9.17, 15) is 4.79 Å². The Hall–Kier alpha value is -1.92. The standard InChI is InChI=1S/C18H22N2O3S/c1-18(8-3-4-9-23-18)17(21)20-12-15-11-19-16(24-15)13-6-5-7-14(10-13)22-2/h5-7,10-11H,3-4,8-9,12H2,1-2H3,(H,20,21)/t18-/m0/s1. The summed E-state index contributed by atoms with van der Waals surface area (Å²) in [5, 5.41) is 3.89. The molecular weight excluding hydrogens is 324 g/mol. The number of hydrogen-bond donors (Lipinski definition) is 1. The molecule has 2 heterocycles. The van der Waals surface area contributed by atoms with Gasteiger partial charge in [-0.2, -0.15) is 0 Å². The van der Waals surface area contributed by atoms with Gasteiger partial charge in [-0.3, -0.25) is 4.79 Å². The Morgan fingerprint density at radius 3 is 3.08 bits per heavy atom. The molecular formula is C18H22N2O3S. The van der Waals surface area contributed by atoms with E-state index < -0.39 is 5.60 Å². The molecule has 1 aliphatic heterocycles. The summed E-state index contributed by atoms with van der Waals surface area (Å²) in [6.07, 6.45) is 4.65. The van der Waals surface area contributed by atoms with Crippen LogP contribution in [0.1, 0.15) is 31.1 Å². The molecule has 128 valence electrons. The van der Waals surface area contributed by atoms with Crippen LogP contribution in [-0.2, 0) is 16.1 Å². The van der Waals surface area contributed by atoms with Gasteiger partial charge in [0, 0.05) is 23.2 Å². The van der Waals surface area contributed by atoms with Gasteiger partial charge in [-0.15, -0.1) is 11.3 Å². The second kappa shape index (κ2) is 7.32. The van der Waals surface area contributed by atoms with Crippen LogP contribution < -0.4 is 10.1 Å². The van der Waals surface area contributed by atoms with Crippen molar-refractivity contribution in [1.82, 2.24) is 10.3 Å². The first-order valence-corrected chi connectivity index (χ1v) is 8.94. The fraction of sp³-hybridized carbons (Fsp3) is 0.444. The molecule has 3 rings (SSSR count). The Kier molecular flexibility index (Phi) is 5.16. The van der Waals surface area contributed by atoms with Crippen molar-refractivity contribution >= 4 is 17.2 Å². The lowest BCUT2D eigenvalue weighted by molar-refractivity contribution is -0.150. The van der Waals surface area contributed by atoms with E-state index in [0.29, 0.717) is 13.2 Å². The maximum atomic E-state index is 12.4. The van der Waals surface area contributed by atoms with E-state index in [2.05, 4.69) is 10.3 Å². The SMILES string of the molecule is COc1cccc(-c2ncc(CNC(=O)[C@]3(C)CCCCO3)s2)c1. The molecule has 0 radical (unpaired) electrons. The summed E-state index contributed by atoms with van der Waals surface area (Å²) >= 11 is 1.57. The number of hydrogen-bond acceptors (Lipinski definition) is 5. The Bertz CT molecular complexity index is 708. The Balaban J connectivity index is 1.62. The number of rotatable bonds is 5. The highest BCUT2D eigenvalue weighted by molar-refractivity contribution is 7.15. The van der Waals surface area contributed by atoms with Crippen molar-refractivity contribution in [1.29, 1.82) is 0 Å². The van der Waals surface area contributed by atoms with Crippen molar-refractivity contribution in [2.45, 2.75) is 38.3 Å². The Labute approximate surface area is 146 Å². The largest absolute Gasteiger partial charge is 0.497 e. The number of nitrogens with one attached hydrogen (secondary N) is 1. The van der Waals surface area contributed by atoms with Crippen LogP contribution in [0.15, 0.2) is 30.5 Å². The van der Waals surface area contributed by atoms with E-state index in [1.165, 1.54) is 0 Å². The van der Waals surface area contributed by atoms with Gasteiger partial charge in [0.2, 0.25) is 0 Å². The van der Waals surface area contributed by atoms with Crippen molar-refractivity contribution in [2.75, 3.05) is 13.7 Å². The van der Waals surface area contributed by atoms with Crippen LogP contribution in [0.25, 0.3) is 10.6 Å². The molecule has 0 spiro atoms. The average Bonchev–Trinajstić information content (AvgIpc) is 3.09. The van der Waals surface area contributed by atoms with Gasteiger partial charge in [-0.1, -0.05) is 12.1 Å². The van der Waals surface area contributed by atoms with Gasteiger partial charge < -0.3 is 14.8 Å². The predicted octanol–water partition coefficient (Wildman–Crippen LogP) is 3.39. The lowest BCUT2D eigenvalue weighted by Gasteiger charge is -2.32. The molecule has 0 saturated carbocycles. The summed E-state index contributed by atoms with van der Waals surface area (Å²) in [5.41, 5.74) is 0.318. The zero-order valence-corrected chi connectivity index (χ0v) is 14.8. The molecule has 1 saturated heterocycles. The molecule has 0 bridgehead atoms. The fourth-order valence-corrected chi connectivity index (χ4v) is 3.59. The summed E-state index contributed by atoms with van der Waals surface area (Å²) < 4.78 is 10.9. The topological polar surface area (TPSA) is 60.5 Å². The Morgan fingerprint density at radius 1 is 1.46 bits per heavy atom. The maximum absolute atomic E-state index is 12.4. The first-order valence-electron chi connectivity index (χ1n) is 8.12. The number of carbonyl (C=O) groups excluding carboxylic acids is 1. The van der Waals surface area contributed by atoms with Crippen LogP contribution in [0.4, 0.5) is 0 Å². The fourth-order valence-electron chi connectivity index (χ4n) is 2.75. The number of thiazole rings is 1. The monoisotopic (exact) mass is 346 g/mol. The Morgan fingerprint density at radius 2 is 2.33 bits per heavy atom. The molecule has 1 N–H and O–H groups in total. The van der Waals surface area contributed by atoms with Crippen molar-refractivity contribution < 1.29 is 14.3 Å². The summed E-state index contributed by atoms with van der Waals surface area (Å²) in [5.74, 6) is 0.762. The summed E-state index contributed by atoms with van der Waals surface area (Å²) in [4.78, 5) is 17.8. The van der Waals surface area contributed by atoms with Crippen molar-refractivity contribution in [3.63, 3.8) is 0 Å². The zero-order valence-electron chi connectivity index (χ0n) is 14.0. The van der Waals surface area contributed by atoms with E-state index >= 15 is 0 Å². The minimum Gasteiger partial charge on any atom is -0.497 e. The second-order valence-corrected chi connectivity index (χ2v) is 7.20. The van der Waals surface area contributed by atoms with Gasteiger partial charge in [-0.25, -0.2) is 4.98 Å². The molecule has 1 aromatic carbocycles. The highest BCUT2D eigenvalue weighted by Gasteiger charge is 2.35. The number of aromatic nitrogens is 1. The molecule has 6 heteroatoms. The first kappa shape index (κ1) is 16.9. The molecule has 5 nitrogen and oxygen atoms in total. The molecule has 1 aliphatic rings. The lowest BCUT2D eigenvalue weighted by atomic mass is 9.95. The molecule has 1 aromatic heterocycles. The van der Waals surface area contributed by atoms with Crippen LogP contribution in [0, 0.1) is 0 Å². The smallest absolute Gasteiger partial charge is 0.252 e. The van der Waals surface area contributed by atoms with Gasteiger partial charge in [0.1, 0.15) is 16.4 Å². The molecule has 1 atom stereocenters. The molecule has 1 amide bonds. The number of ether oxygens (including phenoxy) is 2. The normalized spacial score (nSPS) is 20.6. The second-order valence-electron chi connectivity index (χ2n) is 6.08. The van der Waals surface area contributed by atoms with E-state index in [1.54, 1.807) is 18.4 Å². The van der Waals surface area contributed by atoms with Crippen LogP contribution in [0.2, 0.25) is 0 Å². The van der Waals surface area contributed by atoms with Crippen LogP contribution in [0.3, 0.4) is 0 Å². The highest BCUT2D eigenvalue weighted by atomic mass is 32.1. The quantitative estimate of drug-likeness (QED) is 0.901. The third-order valence-corrected chi connectivity index (χ3v) is 5.29. The zero-order chi connectivity index (χ0) is 17.0. The lowest BCUT2D eigenvalue weighted by Crippen LogP contribution is -2.48. The third-order valence-electron chi connectivity index (χ3n) is 4.24. The van der Waals surface area contributed by atoms with E-state index in [1.807, 2.05) is 37.4 Å². The van der Waals surface area contributed by atoms with E-state index in [0.717, 1.165) is 40.5 Å². The number of benzene rings is 1.